The number of carbonyl (C=O) groups excluding carboxylic acids is 5. The molecule has 3 N–H and O–H groups in total. The van der Waals surface area contributed by atoms with Crippen molar-refractivity contribution in [3.8, 4) is 11.5 Å². The van der Waals surface area contributed by atoms with Crippen LogP contribution in [0.3, 0.4) is 0 Å². The molecule has 0 saturated carbocycles. The van der Waals surface area contributed by atoms with Gasteiger partial charge in [-0.1, -0.05) is 99.5 Å². The average Bonchev–Trinajstić information content (AvgIpc) is 3.59. The van der Waals surface area contributed by atoms with Gasteiger partial charge in [-0.15, -0.1) is 0 Å². The summed E-state index contributed by atoms with van der Waals surface area (Å²) >= 11 is 0. The van der Waals surface area contributed by atoms with E-state index < -0.39 is 89.7 Å². The first kappa shape index (κ1) is 61.3. The number of hydrogen-bond acceptors (Lipinski definition) is 17. The maximum absolute atomic E-state index is 14.3. The third-order valence-corrected chi connectivity index (χ3v) is 14.0. The molecule has 21 nitrogen and oxygen atoms in total. The minimum atomic E-state index is -1.55. The second-order valence-corrected chi connectivity index (χ2v) is 20.0. The van der Waals surface area contributed by atoms with Crippen LogP contribution in [-0.4, -0.2) is 139 Å². The number of H-pyrrole nitrogens is 1. The van der Waals surface area contributed by atoms with Crippen LogP contribution >= 0.6 is 0 Å². The number of aliphatic hydroxyl groups excluding tert-OH is 1. The van der Waals surface area contributed by atoms with Crippen molar-refractivity contribution in [1.29, 1.82) is 0 Å². The van der Waals surface area contributed by atoms with Crippen LogP contribution in [0.5, 0.6) is 11.5 Å². The van der Waals surface area contributed by atoms with Gasteiger partial charge in [0.15, 0.2) is 24.7 Å². The van der Waals surface area contributed by atoms with E-state index >= 15 is 0 Å². The summed E-state index contributed by atoms with van der Waals surface area (Å²) in [4.78, 5) is 92.3. The molecule has 2 fully saturated rings. The molecule has 0 aliphatic carbocycles. The van der Waals surface area contributed by atoms with E-state index in [0.29, 0.717) is 24.3 Å². The van der Waals surface area contributed by atoms with E-state index in [4.69, 9.17) is 42.6 Å². The van der Waals surface area contributed by atoms with E-state index in [-0.39, 0.29) is 50.8 Å². The van der Waals surface area contributed by atoms with Crippen molar-refractivity contribution < 1.29 is 71.7 Å². The third kappa shape index (κ3) is 16.6. The number of amides is 2. The van der Waals surface area contributed by atoms with E-state index in [1.54, 1.807) is 26.0 Å². The standard InChI is InChI=1S/C58H76N4O17/c1-38-32-62(56(70)60-54(38)69)50-33-61(35-57(36-63,79-50)37-75-58(43-20-16-15-17-21-43,44-23-27-46(71-6)28-24-44)45-25-29-47(72-7)30-26-45)49(68)22-18-13-11-9-8-10-12-14-19-31-73-55-51(59-39(2)64)53(77-42(5)67)52(76-41(4)66)48(78-55)34-74-40(3)65/h15-17,20-21,23-30,32,48,50-53,55,63H,8-14,18-19,22,31,33-37H2,1-7H3,(H,59,64)(H,60,69,70)/t48-,50-,51-,52+,53-,55-,57-/m1/s1. The quantitative estimate of drug-likeness (QED) is 0.0273. The van der Waals surface area contributed by atoms with Crippen molar-refractivity contribution in [3.63, 3.8) is 0 Å². The fourth-order valence-corrected chi connectivity index (χ4v) is 10.0. The Labute approximate surface area is 460 Å². The summed E-state index contributed by atoms with van der Waals surface area (Å²) in [5.41, 5.74) is -1.61. The summed E-state index contributed by atoms with van der Waals surface area (Å²) in [5.74, 6) is -1.35. The summed E-state index contributed by atoms with van der Waals surface area (Å²) < 4.78 is 54.5. The van der Waals surface area contributed by atoms with Gasteiger partial charge in [0.05, 0.1) is 40.5 Å². The summed E-state index contributed by atoms with van der Waals surface area (Å²) in [6.07, 6.45) is 3.54. The molecular formula is C58H76N4O17. The molecule has 2 aliphatic rings. The monoisotopic (exact) mass is 1100 g/mol. The summed E-state index contributed by atoms with van der Waals surface area (Å²) in [6.45, 7) is 5.44. The number of aromatic amines is 1. The molecule has 21 heteroatoms. The Kier molecular flexibility index (Phi) is 22.8. The fraction of sp³-hybridized carbons (Fsp3) is 0.534. The third-order valence-electron chi connectivity index (χ3n) is 14.0. The van der Waals surface area contributed by atoms with Gasteiger partial charge in [-0.25, -0.2) is 4.79 Å². The number of hydrogen-bond donors (Lipinski definition) is 3. The number of ether oxygens (including phenoxy) is 9. The minimum absolute atomic E-state index is 0.0245. The molecule has 7 atom stereocenters. The smallest absolute Gasteiger partial charge is 0.330 e. The first-order chi connectivity index (χ1) is 37.9. The van der Waals surface area contributed by atoms with Crippen molar-refractivity contribution in [2.75, 3.05) is 53.7 Å². The molecule has 6 rings (SSSR count). The van der Waals surface area contributed by atoms with E-state index in [9.17, 15) is 38.7 Å². The van der Waals surface area contributed by atoms with Gasteiger partial charge in [-0.2, -0.15) is 0 Å². The number of aryl methyl sites for hydroxylation is 1. The Morgan fingerprint density at radius 1 is 0.747 bits per heavy atom. The van der Waals surface area contributed by atoms with Crippen LogP contribution in [0.25, 0.3) is 0 Å². The molecule has 430 valence electrons. The number of carbonyl (C=O) groups is 5. The first-order valence-corrected chi connectivity index (χ1v) is 26.8. The molecule has 0 spiro atoms. The van der Waals surface area contributed by atoms with Crippen molar-refractivity contribution in [1.82, 2.24) is 19.8 Å². The molecule has 79 heavy (non-hydrogen) atoms. The lowest BCUT2D eigenvalue weighted by Gasteiger charge is -2.47. The zero-order chi connectivity index (χ0) is 57.1. The van der Waals surface area contributed by atoms with Gasteiger partial charge >= 0.3 is 23.6 Å². The maximum atomic E-state index is 14.3. The highest BCUT2D eigenvalue weighted by Crippen LogP contribution is 2.43. The lowest BCUT2D eigenvalue weighted by molar-refractivity contribution is -0.277. The largest absolute Gasteiger partial charge is 0.497 e. The van der Waals surface area contributed by atoms with E-state index in [0.717, 1.165) is 61.6 Å². The number of nitrogens with zero attached hydrogens (tertiary/aromatic N) is 2. The van der Waals surface area contributed by atoms with Gasteiger partial charge in [0.1, 0.15) is 41.5 Å². The van der Waals surface area contributed by atoms with Gasteiger partial charge < -0.3 is 58.0 Å². The molecule has 2 amide bonds. The summed E-state index contributed by atoms with van der Waals surface area (Å²) in [7, 11) is 3.17. The summed E-state index contributed by atoms with van der Waals surface area (Å²) in [5, 5.41) is 14.1. The Bertz CT molecular complexity index is 2700. The second-order valence-electron chi connectivity index (χ2n) is 20.0. The minimum Gasteiger partial charge on any atom is -0.497 e. The topological polar surface area (TPSA) is 259 Å². The molecule has 4 aromatic rings. The molecule has 2 aliphatic heterocycles. The molecule has 2 saturated heterocycles. The van der Waals surface area contributed by atoms with Crippen molar-refractivity contribution in [2.24, 2.45) is 0 Å². The van der Waals surface area contributed by atoms with Gasteiger partial charge in [-0.3, -0.25) is 38.3 Å². The number of aromatic nitrogens is 2. The fourth-order valence-electron chi connectivity index (χ4n) is 10.0. The molecule has 0 bridgehead atoms. The zero-order valence-corrected chi connectivity index (χ0v) is 46.2. The Morgan fingerprint density at radius 2 is 1.30 bits per heavy atom. The highest BCUT2D eigenvalue weighted by atomic mass is 16.7. The number of esters is 3. The lowest BCUT2D eigenvalue weighted by Crippen LogP contribution is -2.66. The second kappa shape index (κ2) is 29.3. The van der Waals surface area contributed by atoms with E-state index in [2.05, 4.69) is 10.3 Å². The lowest BCUT2D eigenvalue weighted by atomic mass is 9.79. The number of benzene rings is 3. The first-order valence-electron chi connectivity index (χ1n) is 26.8. The number of nitrogens with one attached hydrogen (secondary N) is 2. The van der Waals surface area contributed by atoms with Crippen molar-refractivity contribution in [3.05, 3.63) is 128 Å². The molecule has 3 heterocycles. The number of methoxy groups -OCH3 is 2. The van der Waals surface area contributed by atoms with Crippen LogP contribution in [0.1, 0.15) is 120 Å². The summed E-state index contributed by atoms with van der Waals surface area (Å²) in [6, 6.07) is 23.6. The van der Waals surface area contributed by atoms with Crippen LogP contribution in [0.2, 0.25) is 0 Å². The molecule has 3 aromatic carbocycles. The average molecular weight is 1100 g/mol. The van der Waals surface area contributed by atoms with Crippen molar-refractivity contribution >= 4 is 29.7 Å². The maximum Gasteiger partial charge on any atom is 0.330 e. The van der Waals surface area contributed by atoms with Gasteiger partial charge in [-0.05, 0) is 60.7 Å². The Morgan fingerprint density at radius 3 is 1.85 bits per heavy atom. The number of aliphatic hydroxyl groups is 1. The highest BCUT2D eigenvalue weighted by molar-refractivity contribution is 5.76. The van der Waals surface area contributed by atoms with E-state index in [1.807, 2.05) is 78.9 Å². The van der Waals surface area contributed by atoms with Gasteiger partial charge in [0, 0.05) is 52.5 Å². The van der Waals surface area contributed by atoms with Crippen LogP contribution in [0.4, 0.5) is 0 Å². The number of morpholine rings is 1. The molecule has 1 aromatic heterocycles. The van der Waals surface area contributed by atoms with Crippen LogP contribution in [0.15, 0.2) is 94.6 Å². The van der Waals surface area contributed by atoms with Crippen LogP contribution in [0, 0.1) is 6.92 Å². The van der Waals surface area contributed by atoms with Gasteiger partial charge in [0.25, 0.3) is 5.56 Å². The zero-order valence-electron chi connectivity index (χ0n) is 46.2. The van der Waals surface area contributed by atoms with Crippen LogP contribution < -0.4 is 26.0 Å². The Hall–Kier alpha value is -6.91. The predicted molar refractivity (Wildman–Crippen MR) is 287 cm³/mol. The number of rotatable bonds is 28. The predicted octanol–water partition coefficient (Wildman–Crippen LogP) is 5.53. The van der Waals surface area contributed by atoms with Crippen LogP contribution in [-0.2, 0) is 62.7 Å². The highest BCUT2D eigenvalue weighted by Gasteiger charge is 2.52. The molecule has 0 radical (unpaired) electrons. The SMILES string of the molecule is COc1ccc(C(OC[C@]2(CO)CN(C(=O)CCCCCCCCCCCO[C@@H]3O[C@H](COC(C)=O)[C@H](OC(C)=O)[C@H](OC(C)=O)[C@H]3NC(C)=O)C[C@H](n3cc(C)c(=O)[nH]c3=O)O2)(c2ccccc2)c2ccc(OC)cc2)cc1. The molecule has 0 unspecified atom stereocenters. The Balaban J connectivity index is 1.06. The van der Waals surface area contributed by atoms with E-state index in [1.165, 1.54) is 38.5 Å². The molecular weight excluding hydrogens is 1020 g/mol. The normalized spacial score (nSPS) is 21.1. The number of unbranched alkanes of at least 4 members (excludes halogenated alkanes) is 8. The van der Waals surface area contributed by atoms with Gasteiger partial charge in [0.2, 0.25) is 11.8 Å². The van der Waals surface area contributed by atoms with Crippen molar-refractivity contribution in [2.45, 2.75) is 147 Å².